The Morgan fingerprint density at radius 3 is 2.57 bits per heavy atom. The summed E-state index contributed by atoms with van der Waals surface area (Å²) < 4.78 is 15.1. The minimum Gasteiger partial charge on any atom is -0.309 e. The van der Waals surface area contributed by atoms with Crippen molar-refractivity contribution in [3.8, 4) is 5.69 Å². The second kappa shape index (κ2) is 9.02. The van der Waals surface area contributed by atoms with Crippen LogP contribution in [0, 0.1) is 12.7 Å². The third kappa shape index (κ3) is 4.64. The molecule has 4 aromatic rings. The number of aromatic nitrogens is 2. The van der Waals surface area contributed by atoms with Crippen molar-refractivity contribution < 1.29 is 9.18 Å². The van der Waals surface area contributed by atoms with Crippen LogP contribution in [-0.2, 0) is 4.79 Å². The van der Waals surface area contributed by atoms with Gasteiger partial charge >= 0.3 is 0 Å². The fourth-order valence-electron chi connectivity index (χ4n) is 3.23. The number of benzene rings is 2. The molecule has 0 saturated carbocycles. The molecule has 2 heterocycles. The molecule has 1 amide bonds. The van der Waals surface area contributed by atoms with E-state index in [9.17, 15) is 9.18 Å². The summed E-state index contributed by atoms with van der Waals surface area (Å²) in [5, 5.41) is 12.7. The standard InChI is InChI=1S/C23H21FN4OS/c1-16-14-21(28(27-16)19-6-3-2-4-7-19)26-22(29)15-25-23(20-8-5-13-30-20)17-9-11-18(24)12-10-17/h2-14,23,25H,15H2,1H3,(H,26,29). The molecule has 2 aromatic carbocycles. The maximum Gasteiger partial charge on any atom is 0.239 e. The van der Waals surface area contributed by atoms with E-state index >= 15 is 0 Å². The van der Waals surface area contributed by atoms with Crippen LogP contribution < -0.4 is 10.6 Å². The van der Waals surface area contributed by atoms with Gasteiger partial charge < -0.3 is 5.32 Å². The first kappa shape index (κ1) is 20.0. The molecule has 1 atom stereocenters. The molecule has 0 bridgehead atoms. The molecule has 5 nitrogen and oxygen atoms in total. The molecular weight excluding hydrogens is 399 g/mol. The van der Waals surface area contributed by atoms with Crippen LogP contribution in [0.5, 0.6) is 0 Å². The molecule has 4 rings (SSSR count). The number of hydrogen-bond acceptors (Lipinski definition) is 4. The van der Waals surface area contributed by atoms with Gasteiger partial charge in [-0.15, -0.1) is 11.3 Å². The maximum absolute atomic E-state index is 13.3. The molecular formula is C23H21FN4OS. The summed E-state index contributed by atoms with van der Waals surface area (Å²) >= 11 is 1.59. The van der Waals surface area contributed by atoms with Crippen molar-refractivity contribution in [1.82, 2.24) is 15.1 Å². The van der Waals surface area contributed by atoms with Crippen molar-refractivity contribution in [2.75, 3.05) is 11.9 Å². The van der Waals surface area contributed by atoms with Gasteiger partial charge in [0.1, 0.15) is 11.6 Å². The summed E-state index contributed by atoms with van der Waals surface area (Å²) in [6.07, 6.45) is 0. The van der Waals surface area contributed by atoms with E-state index in [0.717, 1.165) is 21.8 Å². The topological polar surface area (TPSA) is 59.0 Å². The highest BCUT2D eigenvalue weighted by Crippen LogP contribution is 2.26. The van der Waals surface area contributed by atoms with Gasteiger partial charge in [-0.25, -0.2) is 9.07 Å². The van der Waals surface area contributed by atoms with Crippen LogP contribution in [-0.4, -0.2) is 22.2 Å². The fourth-order valence-corrected chi connectivity index (χ4v) is 4.06. The number of rotatable bonds is 7. The van der Waals surface area contributed by atoms with Crippen molar-refractivity contribution >= 4 is 23.1 Å². The number of anilines is 1. The zero-order valence-corrected chi connectivity index (χ0v) is 17.2. The Kier molecular flexibility index (Phi) is 6.02. The lowest BCUT2D eigenvalue weighted by molar-refractivity contribution is -0.115. The summed E-state index contributed by atoms with van der Waals surface area (Å²) in [6, 6.07) is 21.6. The number of aryl methyl sites for hydroxylation is 1. The molecule has 0 saturated heterocycles. The quantitative estimate of drug-likeness (QED) is 0.456. The number of nitrogens with zero attached hydrogens (tertiary/aromatic N) is 2. The molecule has 1 unspecified atom stereocenters. The van der Waals surface area contributed by atoms with Gasteiger partial charge in [-0.1, -0.05) is 36.4 Å². The molecule has 2 N–H and O–H groups in total. The molecule has 0 spiro atoms. The number of thiophene rings is 1. The molecule has 0 radical (unpaired) electrons. The number of carbonyl (C=O) groups excluding carboxylic acids is 1. The summed E-state index contributed by atoms with van der Waals surface area (Å²) in [7, 11) is 0. The number of para-hydroxylation sites is 1. The number of amides is 1. The zero-order chi connectivity index (χ0) is 20.9. The van der Waals surface area contributed by atoms with Crippen molar-refractivity contribution in [3.63, 3.8) is 0 Å². The van der Waals surface area contributed by atoms with E-state index in [1.54, 1.807) is 28.2 Å². The second-order valence-electron chi connectivity index (χ2n) is 6.85. The molecule has 152 valence electrons. The minimum atomic E-state index is -0.286. The smallest absolute Gasteiger partial charge is 0.239 e. The first-order valence-electron chi connectivity index (χ1n) is 9.54. The lowest BCUT2D eigenvalue weighted by Gasteiger charge is -2.18. The predicted molar refractivity (Wildman–Crippen MR) is 117 cm³/mol. The largest absolute Gasteiger partial charge is 0.309 e. The third-order valence-corrected chi connectivity index (χ3v) is 5.53. The van der Waals surface area contributed by atoms with E-state index in [1.165, 1.54) is 12.1 Å². The Morgan fingerprint density at radius 2 is 1.87 bits per heavy atom. The van der Waals surface area contributed by atoms with Gasteiger partial charge in [-0.05, 0) is 48.2 Å². The molecule has 7 heteroatoms. The summed E-state index contributed by atoms with van der Waals surface area (Å²) in [5.74, 6) is 0.140. The van der Waals surface area contributed by atoms with E-state index in [1.807, 2.05) is 60.8 Å². The van der Waals surface area contributed by atoms with E-state index in [2.05, 4.69) is 15.7 Å². The van der Waals surface area contributed by atoms with Gasteiger partial charge in [-0.2, -0.15) is 5.10 Å². The van der Waals surface area contributed by atoms with Gasteiger partial charge in [0.2, 0.25) is 5.91 Å². The van der Waals surface area contributed by atoms with E-state index in [-0.39, 0.29) is 24.3 Å². The molecule has 30 heavy (non-hydrogen) atoms. The summed E-state index contributed by atoms with van der Waals surface area (Å²) in [6.45, 7) is 1.98. The maximum atomic E-state index is 13.3. The van der Waals surface area contributed by atoms with Crippen LogP contribution in [0.15, 0.2) is 78.2 Å². The number of carbonyl (C=O) groups is 1. The Hall–Kier alpha value is -3.29. The normalized spacial score (nSPS) is 11.9. The highest BCUT2D eigenvalue weighted by molar-refractivity contribution is 7.10. The van der Waals surface area contributed by atoms with E-state index in [4.69, 9.17) is 0 Å². The highest BCUT2D eigenvalue weighted by atomic mass is 32.1. The Morgan fingerprint density at radius 1 is 1.10 bits per heavy atom. The minimum absolute atomic E-state index is 0.0962. The average Bonchev–Trinajstić information content (AvgIpc) is 3.40. The van der Waals surface area contributed by atoms with Crippen molar-refractivity contribution in [2.24, 2.45) is 0 Å². The first-order chi connectivity index (χ1) is 14.6. The van der Waals surface area contributed by atoms with Crippen LogP contribution in [0.1, 0.15) is 22.2 Å². The van der Waals surface area contributed by atoms with Gasteiger partial charge in [0, 0.05) is 10.9 Å². The second-order valence-corrected chi connectivity index (χ2v) is 7.83. The highest BCUT2D eigenvalue weighted by Gasteiger charge is 2.17. The van der Waals surface area contributed by atoms with Crippen LogP contribution in [0.3, 0.4) is 0 Å². The van der Waals surface area contributed by atoms with Gasteiger partial charge in [0.05, 0.1) is 24.0 Å². The zero-order valence-electron chi connectivity index (χ0n) is 16.4. The van der Waals surface area contributed by atoms with Crippen molar-refractivity contribution in [2.45, 2.75) is 13.0 Å². The lowest BCUT2D eigenvalue weighted by Crippen LogP contribution is -2.32. The molecule has 0 aliphatic heterocycles. The Bertz CT molecular complexity index is 1110. The predicted octanol–water partition coefficient (Wildman–Crippen LogP) is 4.70. The number of nitrogens with one attached hydrogen (secondary N) is 2. The molecule has 0 aliphatic rings. The van der Waals surface area contributed by atoms with E-state index < -0.39 is 0 Å². The summed E-state index contributed by atoms with van der Waals surface area (Å²) in [5.41, 5.74) is 2.58. The molecule has 0 aliphatic carbocycles. The number of halogens is 1. The van der Waals surface area contributed by atoms with Gasteiger partial charge in [0.25, 0.3) is 0 Å². The van der Waals surface area contributed by atoms with Crippen molar-refractivity contribution in [1.29, 1.82) is 0 Å². The SMILES string of the molecule is Cc1cc(NC(=O)CNC(c2ccc(F)cc2)c2cccs2)n(-c2ccccc2)n1. The fraction of sp³-hybridized carbons (Fsp3) is 0.130. The average molecular weight is 421 g/mol. The monoisotopic (exact) mass is 420 g/mol. The first-order valence-corrected chi connectivity index (χ1v) is 10.4. The van der Waals surface area contributed by atoms with Crippen LogP contribution in [0.25, 0.3) is 5.69 Å². The molecule has 2 aromatic heterocycles. The van der Waals surface area contributed by atoms with E-state index in [0.29, 0.717) is 5.82 Å². The van der Waals surface area contributed by atoms with Gasteiger partial charge in [-0.3, -0.25) is 10.1 Å². The summed E-state index contributed by atoms with van der Waals surface area (Å²) in [4.78, 5) is 13.7. The molecule has 0 fully saturated rings. The Balaban J connectivity index is 1.48. The third-order valence-electron chi connectivity index (χ3n) is 4.60. The van der Waals surface area contributed by atoms with Crippen LogP contribution >= 0.6 is 11.3 Å². The van der Waals surface area contributed by atoms with Crippen molar-refractivity contribution in [3.05, 3.63) is 100 Å². The van der Waals surface area contributed by atoms with Crippen LogP contribution in [0.2, 0.25) is 0 Å². The van der Waals surface area contributed by atoms with Gasteiger partial charge in [0.15, 0.2) is 0 Å². The number of hydrogen-bond donors (Lipinski definition) is 2. The Labute approximate surface area is 178 Å². The van der Waals surface area contributed by atoms with Crippen LogP contribution in [0.4, 0.5) is 10.2 Å². The lowest BCUT2D eigenvalue weighted by atomic mass is 10.1.